The Morgan fingerprint density at radius 2 is 1.94 bits per heavy atom. The molecule has 0 saturated heterocycles. The van der Waals surface area contributed by atoms with Crippen molar-refractivity contribution >= 4 is 39.5 Å². The van der Waals surface area contributed by atoms with Crippen molar-refractivity contribution in [2.45, 2.75) is 32.3 Å². The molecular formula is C25H22ClN3O4S. The number of amides is 1. The molecule has 7 nitrogen and oxygen atoms in total. The standard InChI is InChI=1S/C25H22ClN3O4S/c26-19-8-1-3-10-21(19)33-15-23(30)27-16-6-5-7-18(12-16)32-14-17-13-24(31)29-20-9-2-4-11-22(20)34-25(29)28-17/h1,3,5-8,10,12-13H,2,4,9,11,14-15H2,(H,27,30). The van der Waals surface area contributed by atoms with Crippen molar-refractivity contribution in [1.29, 1.82) is 0 Å². The minimum absolute atomic E-state index is 0.0671. The maximum atomic E-state index is 12.7. The Hall–Kier alpha value is -3.36. The van der Waals surface area contributed by atoms with Gasteiger partial charge in [0.15, 0.2) is 11.6 Å². The minimum atomic E-state index is -0.320. The highest BCUT2D eigenvalue weighted by Gasteiger charge is 2.18. The lowest BCUT2D eigenvalue weighted by molar-refractivity contribution is -0.118. The first kappa shape index (κ1) is 22.4. The SMILES string of the molecule is O=C(COc1ccccc1Cl)Nc1cccc(OCc2cc(=O)n3c4c(sc3n2)CCCC4)c1. The number of hydrogen-bond acceptors (Lipinski definition) is 6. The average molecular weight is 496 g/mol. The van der Waals surface area contributed by atoms with Gasteiger partial charge < -0.3 is 14.8 Å². The van der Waals surface area contributed by atoms with E-state index in [0.29, 0.717) is 27.9 Å². The zero-order valence-electron chi connectivity index (χ0n) is 18.3. The topological polar surface area (TPSA) is 81.9 Å². The van der Waals surface area contributed by atoms with E-state index in [1.54, 1.807) is 64.3 Å². The molecule has 0 bridgehead atoms. The van der Waals surface area contributed by atoms with Gasteiger partial charge in [-0.15, -0.1) is 11.3 Å². The molecule has 0 radical (unpaired) electrons. The average Bonchev–Trinajstić information content (AvgIpc) is 3.21. The first-order valence-electron chi connectivity index (χ1n) is 11.0. The minimum Gasteiger partial charge on any atom is -0.487 e. The predicted molar refractivity (Wildman–Crippen MR) is 132 cm³/mol. The van der Waals surface area contributed by atoms with E-state index in [2.05, 4.69) is 10.3 Å². The third kappa shape index (κ3) is 4.93. The molecule has 1 aliphatic rings. The number of rotatable bonds is 7. The van der Waals surface area contributed by atoms with E-state index in [1.165, 1.54) is 10.9 Å². The number of nitrogens with zero attached hydrogens (tertiary/aromatic N) is 2. The van der Waals surface area contributed by atoms with Crippen LogP contribution < -0.4 is 20.3 Å². The third-order valence-electron chi connectivity index (χ3n) is 5.51. The number of ether oxygens (including phenoxy) is 2. The summed E-state index contributed by atoms with van der Waals surface area (Å²) in [5, 5.41) is 3.22. The number of carbonyl (C=O) groups excluding carboxylic acids is 1. The van der Waals surface area contributed by atoms with Crippen molar-refractivity contribution in [2.75, 3.05) is 11.9 Å². The quantitative estimate of drug-likeness (QED) is 0.395. The van der Waals surface area contributed by atoms with Crippen LogP contribution in [0, 0.1) is 0 Å². The van der Waals surface area contributed by atoms with Gasteiger partial charge >= 0.3 is 0 Å². The fourth-order valence-electron chi connectivity index (χ4n) is 3.94. The Morgan fingerprint density at radius 3 is 2.82 bits per heavy atom. The van der Waals surface area contributed by atoms with E-state index in [-0.39, 0.29) is 24.7 Å². The number of hydrogen-bond donors (Lipinski definition) is 1. The molecule has 5 rings (SSSR count). The largest absolute Gasteiger partial charge is 0.487 e. The van der Waals surface area contributed by atoms with Crippen molar-refractivity contribution in [3.63, 3.8) is 0 Å². The number of nitrogens with one attached hydrogen (secondary N) is 1. The van der Waals surface area contributed by atoms with Crippen LogP contribution in [0.3, 0.4) is 0 Å². The van der Waals surface area contributed by atoms with Crippen LogP contribution in [0.15, 0.2) is 59.4 Å². The molecule has 174 valence electrons. The number of para-hydroxylation sites is 1. The van der Waals surface area contributed by atoms with Gasteiger partial charge in [0.05, 0.1) is 10.7 Å². The van der Waals surface area contributed by atoms with Gasteiger partial charge in [0.1, 0.15) is 18.1 Å². The maximum Gasteiger partial charge on any atom is 0.262 e. The summed E-state index contributed by atoms with van der Waals surface area (Å²) in [5.74, 6) is 0.680. The van der Waals surface area contributed by atoms with Gasteiger partial charge in [-0.3, -0.25) is 14.0 Å². The van der Waals surface area contributed by atoms with E-state index in [1.807, 2.05) is 0 Å². The zero-order valence-corrected chi connectivity index (χ0v) is 19.8. The van der Waals surface area contributed by atoms with Crippen molar-refractivity contribution in [3.8, 4) is 11.5 Å². The number of benzene rings is 2. The molecule has 1 aliphatic carbocycles. The molecule has 0 unspecified atom stereocenters. The molecule has 34 heavy (non-hydrogen) atoms. The summed E-state index contributed by atoms with van der Waals surface area (Å²) in [6.45, 7) is -0.0190. The van der Waals surface area contributed by atoms with Crippen molar-refractivity contribution in [3.05, 3.63) is 86.2 Å². The molecule has 0 saturated carbocycles. The van der Waals surface area contributed by atoms with Crippen molar-refractivity contribution in [2.24, 2.45) is 0 Å². The highest BCUT2D eigenvalue weighted by atomic mass is 35.5. The van der Waals surface area contributed by atoms with Crippen molar-refractivity contribution < 1.29 is 14.3 Å². The molecule has 2 aromatic heterocycles. The summed E-state index contributed by atoms with van der Waals surface area (Å²) in [6.07, 6.45) is 4.20. The Labute approximate surface area is 204 Å². The zero-order chi connectivity index (χ0) is 23.5. The van der Waals surface area contributed by atoms with Crippen LogP contribution in [0.4, 0.5) is 5.69 Å². The fraction of sp³-hybridized carbons (Fsp3) is 0.240. The molecule has 2 heterocycles. The van der Waals surface area contributed by atoms with Crippen LogP contribution in [-0.4, -0.2) is 21.9 Å². The summed E-state index contributed by atoms with van der Waals surface area (Å²) in [7, 11) is 0. The summed E-state index contributed by atoms with van der Waals surface area (Å²) in [5.41, 5.74) is 2.19. The second kappa shape index (κ2) is 9.87. The Bertz CT molecular complexity index is 1420. The first-order valence-corrected chi connectivity index (χ1v) is 12.2. The maximum absolute atomic E-state index is 12.7. The summed E-state index contributed by atoms with van der Waals surface area (Å²) >= 11 is 7.64. The van der Waals surface area contributed by atoms with Gasteiger partial charge in [-0.25, -0.2) is 4.98 Å². The lowest BCUT2D eigenvalue weighted by Crippen LogP contribution is -2.20. The van der Waals surface area contributed by atoms with Gasteiger partial charge in [0, 0.05) is 28.4 Å². The highest BCUT2D eigenvalue weighted by Crippen LogP contribution is 2.28. The Balaban J connectivity index is 1.22. The van der Waals surface area contributed by atoms with E-state index < -0.39 is 0 Å². The van der Waals surface area contributed by atoms with E-state index in [9.17, 15) is 9.59 Å². The highest BCUT2D eigenvalue weighted by molar-refractivity contribution is 7.17. The van der Waals surface area contributed by atoms with Gasteiger partial charge in [-0.1, -0.05) is 29.8 Å². The number of thiazole rings is 1. The lowest BCUT2D eigenvalue weighted by atomic mass is 10.0. The second-order valence-electron chi connectivity index (χ2n) is 7.97. The monoisotopic (exact) mass is 495 g/mol. The van der Waals surface area contributed by atoms with Crippen LogP contribution in [0.25, 0.3) is 4.96 Å². The molecule has 1 N–H and O–H groups in total. The van der Waals surface area contributed by atoms with Crippen LogP contribution in [0.5, 0.6) is 11.5 Å². The molecule has 1 amide bonds. The molecule has 0 atom stereocenters. The fourth-order valence-corrected chi connectivity index (χ4v) is 5.36. The normalized spacial score (nSPS) is 12.9. The molecule has 0 spiro atoms. The second-order valence-corrected chi connectivity index (χ2v) is 9.44. The molecule has 2 aromatic carbocycles. The van der Waals surface area contributed by atoms with Crippen molar-refractivity contribution in [1.82, 2.24) is 9.38 Å². The van der Waals surface area contributed by atoms with E-state index >= 15 is 0 Å². The number of aromatic nitrogens is 2. The molecular weight excluding hydrogens is 474 g/mol. The molecule has 0 aliphatic heterocycles. The number of carbonyl (C=O) groups is 1. The number of fused-ring (bicyclic) bond motifs is 3. The summed E-state index contributed by atoms with van der Waals surface area (Å²) in [6, 6.07) is 15.5. The van der Waals surface area contributed by atoms with E-state index in [4.69, 9.17) is 21.1 Å². The molecule has 0 fully saturated rings. The number of halogens is 1. The molecule has 4 aromatic rings. The number of anilines is 1. The Morgan fingerprint density at radius 1 is 1.09 bits per heavy atom. The summed E-state index contributed by atoms with van der Waals surface area (Å²) < 4.78 is 13.1. The molecule has 9 heteroatoms. The van der Waals surface area contributed by atoms with Crippen LogP contribution in [0.2, 0.25) is 5.02 Å². The van der Waals surface area contributed by atoms with Crippen LogP contribution in [-0.2, 0) is 24.2 Å². The summed E-state index contributed by atoms with van der Waals surface area (Å²) in [4.78, 5) is 31.6. The van der Waals surface area contributed by atoms with Gasteiger partial charge in [-0.2, -0.15) is 0 Å². The van der Waals surface area contributed by atoms with Crippen LogP contribution in [0.1, 0.15) is 29.1 Å². The Kier molecular flexibility index (Phi) is 6.51. The van der Waals surface area contributed by atoms with Gasteiger partial charge in [0.25, 0.3) is 11.5 Å². The van der Waals surface area contributed by atoms with Crippen LogP contribution >= 0.6 is 22.9 Å². The first-order chi connectivity index (χ1) is 16.6. The predicted octanol–water partition coefficient (Wildman–Crippen LogP) is 4.88. The third-order valence-corrected chi connectivity index (χ3v) is 6.97. The van der Waals surface area contributed by atoms with E-state index in [0.717, 1.165) is 36.3 Å². The van der Waals surface area contributed by atoms with Gasteiger partial charge in [0.2, 0.25) is 0 Å². The number of aryl methyl sites for hydroxylation is 2. The van der Waals surface area contributed by atoms with Gasteiger partial charge in [-0.05, 0) is 49.9 Å². The lowest BCUT2D eigenvalue weighted by Gasteiger charge is -2.11. The smallest absolute Gasteiger partial charge is 0.262 e.